The van der Waals surface area contributed by atoms with Gasteiger partial charge in [-0.1, -0.05) is 12.8 Å². The highest BCUT2D eigenvalue weighted by molar-refractivity contribution is 6.28. The number of aryl methyl sites for hydroxylation is 1. The lowest BCUT2D eigenvalue weighted by molar-refractivity contribution is -0.385. The van der Waals surface area contributed by atoms with E-state index in [9.17, 15) is 10.1 Å². The van der Waals surface area contributed by atoms with Crippen molar-refractivity contribution in [2.24, 2.45) is 5.92 Å². The molecular formula is C11H15ClN4O2. The molecule has 1 fully saturated rings. The maximum Gasteiger partial charge on any atom is 0.332 e. The number of hydrogen-bond acceptors (Lipinski definition) is 5. The molecule has 1 aliphatic carbocycles. The Morgan fingerprint density at radius 3 is 2.83 bits per heavy atom. The average molecular weight is 271 g/mol. The van der Waals surface area contributed by atoms with E-state index in [0.29, 0.717) is 6.54 Å². The molecule has 7 heteroatoms. The third-order valence-corrected chi connectivity index (χ3v) is 3.16. The third-order valence-electron chi connectivity index (χ3n) is 2.99. The molecule has 0 bridgehead atoms. The predicted octanol–water partition coefficient (Wildman–Crippen LogP) is 2.95. The van der Waals surface area contributed by atoms with E-state index >= 15 is 0 Å². The summed E-state index contributed by atoms with van der Waals surface area (Å²) in [6.07, 6.45) is 4.79. The third kappa shape index (κ3) is 3.29. The highest BCUT2D eigenvalue weighted by Gasteiger charge is 2.22. The van der Waals surface area contributed by atoms with Crippen LogP contribution in [0.3, 0.4) is 0 Å². The van der Waals surface area contributed by atoms with E-state index in [2.05, 4.69) is 15.3 Å². The smallest absolute Gasteiger partial charge is 0.332 e. The summed E-state index contributed by atoms with van der Waals surface area (Å²) >= 11 is 5.72. The van der Waals surface area contributed by atoms with Crippen LogP contribution in [-0.4, -0.2) is 21.4 Å². The molecular weight excluding hydrogens is 256 g/mol. The van der Waals surface area contributed by atoms with Gasteiger partial charge < -0.3 is 5.32 Å². The first-order valence-electron chi connectivity index (χ1n) is 6.00. The lowest BCUT2D eigenvalue weighted by Gasteiger charge is -2.07. The highest BCUT2D eigenvalue weighted by atomic mass is 35.5. The molecule has 1 aromatic heterocycles. The summed E-state index contributed by atoms with van der Waals surface area (Å²) in [6.45, 7) is 2.23. The SMILES string of the molecule is Cc1nc(Cl)nc(NCCCC2CC2)c1[N+](=O)[O-]. The summed E-state index contributed by atoms with van der Waals surface area (Å²) in [7, 11) is 0. The molecule has 1 aliphatic rings. The van der Waals surface area contributed by atoms with Crippen LogP contribution in [0.2, 0.25) is 5.28 Å². The summed E-state index contributed by atoms with van der Waals surface area (Å²) in [5.41, 5.74) is 0.190. The second kappa shape index (κ2) is 5.48. The van der Waals surface area contributed by atoms with E-state index in [0.717, 1.165) is 12.3 Å². The number of nitrogens with one attached hydrogen (secondary N) is 1. The van der Waals surface area contributed by atoms with E-state index in [-0.39, 0.29) is 22.5 Å². The number of nitro groups is 1. The molecule has 0 saturated heterocycles. The van der Waals surface area contributed by atoms with Crippen LogP contribution in [-0.2, 0) is 0 Å². The Morgan fingerprint density at radius 1 is 1.50 bits per heavy atom. The Kier molecular flexibility index (Phi) is 3.96. The normalized spacial score (nSPS) is 14.6. The van der Waals surface area contributed by atoms with Gasteiger partial charge in [-0.2, -0.15) is 4.98 Å². The lowest BCUT2D eigenvalue weighted by atomic mass is 10.2. The molecule has 2 rings (SSSR count). The molecule has 98 valence electrons. The zero-order chi connectivity index (χ0) is 13.1. The van der Waals surface area contributed by atoms with Crippen molar-refractivity contribution in [3.05, 3.63) is 21.1 Å². The van der Waals surface area contributed by atoms with Crippen LogP contribution < -0.4 is 5.32 Å². The van der Waals surface area contributed by atoms with E-state index in [1.807, 2.05) is 0 Å². The Labute approximate surface area is 110 Å². The van der Waals surface area contributed by atoms with Gasteiger partial charge in [-0.15, -0.1) is 0 Å². The fourth-order valence-electron chi connectivity index (χ4n) is 1.88. The van der Waals surface area contributed by atoms with Crippen molar-refractivity contribution >= 4 is 23.1 Å². The molecule has 1 saturated carbocycles. The highest BCUT2D eigenvalue weighted by Crippen LogP contribution is 2.33. The molecule has 0 radical (unpaired) electrons. The van der Waals surface area contributed by atoms with Crippen molar-refractivity contribution in [2.75, 3.05) is 11.9 Å². The Morgan fingerprint density at radius 2 is 2.22 bits per heavy atom. The summed E-state index contributed by atoms with van der Waals surface area (Å²) in [4.78, 5) is 18.2. The molecule has 0 spiro atoms. The molecule has 0 aliphatic heterocycles. The van der Waals surface area contributed by atoms with Gasteiger partial charge in [0.2, 0.25) is 11.1 Å². The van der Waals surface area contributed by atoms with Crippen molar-refractivity contribution in [1.82, 2.24) is 9.97 Å². The molecule has 6 nitrogen and oxygen atoms in total. The van der Waals surface area contributed by atoms with Crippen molar-refractivity contribution < 1.29 is 4.92 Å². The van der Waals surface area contributed by atoms with Gasteiger partial charge in [-0.25, -0.2) is 4.98 Å². The zero-order valence-corrected chi connectivity index (χ0v) is 10.9. The molecule has 0 unspecified atom stereocenters. The minimum Gasteiger partial charge on any atom is -0.364 e. The van der Waals surface area contributed by atoms with Crippen molar-refractivity contribution in [2.45, 2.75) is 32.6 Å². The second-order valence-corrected chi connectivity index (χ2v) is 4.88. The molecule has 18 heavy (non-hydrogen) atoms. The van der Waals surface area contributed by atoms with Crippen LogP contribution in [0, 0.1) is 23.0 Å². The van der Waals surface area contributed by atoms with Crippen LogP contribution >= 0.6 is 11.6 Å². The Hall–Kier alpha value is -1.43. The Balaban J connectivity index is 2.02. The predicted molar refractivity (Wildman–Crippen MR) is 68.9 cm³/mol. The van der Waals surface area contributed by atoms with E-state index in [1.54, 1.807) is 6.92 Å². The zero-order valence-electron chi connectivity index (χ0n) is 10.1. The summed E-state index contributed by atoms with van der Waals surface area (Å²) in [6, 6.07) is 0. The van der Waals surface area contributed by atoms with Gasteiger partial charge in [-0.3, -0.25) is 10.1 Å². The van der Waals surface area contributed by atoms with Crippen LogP contribution in [0.4, 0.5) is 11.5 Å². The van der Waals surface area contributed by atoms with E-state index in [1.165, 1.54) is 19.3 Å². The first-order valence-corrected chi connectivity index (χ1v) is 6.38. The number of anilines is 1. The lowest BCUT2D eigenvalue weighted by Crippen LogP contribution is -2.09. The van der Waals surface area contributed by atoms with Gasteiger partial charge >= 0.3 is 5.69 Å². The number of rotatable bonds is 6. The molecule has 0 atom stereocenters. The quantitative estimate of drug-likeness (QED) is 0.372. The summed E-state index contributed by atoms with van der Waals surface area (Å²) < 4.78 is 0. The molecule has 0 amide bonds. The largest absolute Gasteiger partial charge is 0.364 e. The monoisotopic (exact) mass is 270 g/mol. The Bertz CT molecular complexity index is 463. The first-order chi connectivity index (χ1) is 8.58. The summed E-state index contributed by atoms with van der Waals surface area (Å²) in [5, 5.41) is 14.0. The number of aromatic nitrogens is 2. The van der Waals surface area contributed by atoms with Crippen LogP contribution in [0.1, 0.15) is 31.4 Å². The number of nitrogens with zero attached hydrogens (tertiary/aromatic N) is 3. The van der Waals surface area contributed by atoms with Gasteiger partial charge in [0, 0.05) is 6.54 Å². The molecule has 1 heterocycles. The van der Waals surface area contributed by atoms with Gasteiger partial charge in [0.05, 0.1) is 4.92 Å². The van der Waals surface area contributed by atoms with Gasteiger partial charge in [0.1, 0.15) is 5.69 Å². The van der Waals surface area contributed by atoms with Crippen LogP contribution in [0.25, 0.3) is 0 Å². The summed E-state index contributed by atoms with van der Waals surface area (Å²) in [5.74, 6) is 1.07. The minimum absolute atomic E-state index is 0.0304. The topological polar surface area (TPSA) is 81.0 Å². The number of hydrogen-bond donors (Lipinski definition) is 1. The van der Waals surface area contributed by atoms with Gasteiger partial charge in [0.15, 0.2) is 0 Å². The minimum atomic E-state index is -0.477. The van der Waals surface area contributed by atoms with Gasteiger partial charge in [0.25, 0.3) is 0 Å². The maximum absolute atomic E-state index is 10.9. The van der Waals surface area contributed by atoms with E-state index in [4.69, 9.17) is 11.6 Å². The van der Waals surface area contributed by atoms with E-state index < -0.39 is 4.92 Å². The van der Waals surface area contributed by atoms with Crippen molar-refractivity contribution in [3.63, 3.8) is 0 Å². The number of halogens is 1. The molecule has 1 N–H and O–H groups in total. The standard InChI is InChI=1S/C11H15ClN4O2/c1-7-9(16(17)18)10(15-11(12)14-7)13-6-2-3-8-4-5-8/h8H,2-6H2,1H3,(H,13,14,15). The first kappa shape index (κ1) is 13.0. The van der Waals surface area contributed by atoms with Crippen LogP contribution in [0.5, 0.6) is 0 Å². The van der Waals surface area contributed by atoms with Crippen molar-refractivity contribution in [1.29, 1.82) is 0 Å². The van der Waals surface area contributed by atoms with Gasteiger partial charge in [-0.05, 0) is 37.3 Å². The average Bonchev–Trinajstić information content (AvgIpc) is 3.06. The maximum atomic E-state index is 10.9. The molecule has 1 aromatic rings. The van der Waals surface area contributed by atoms with Crippen LogP contribution in [0.15, 0.2) is 0 Å². The second-order valence-electron chi connectivity index (χ2n) is 4.54. The molecule has 0 aromatic carbocycles. The fraction of sp³-hybridized carbons (Fsp3) is 0.636. The fourth-order valence-corrected chi connectivity index (χ4v) is 2.09. The van der Waals surface area contributed by atoms with Crippen molar-refractivity contribution in [3.8, 4) is 0 Å².